The van der Waals surface area contributed by atoms with Gasteiger partial charge in [-0.3, -0.25) is 23.9 Å². The molecule has 6 N–H and O–H groups in total. The number of esters is 1. The summed E-state index contributed by atoms with van der Waals surface area (Å²) in [7, 11) is 0. The van der Waals surface area contributed by atoms with Gasteiger partial charge in [-0.2, -0.15) is 4.98 Å². The number of rotatable bonds is 8. The lowest BCUT2D eigenvalue weighted by molar-refractivity contribution is -0.145. The summed E-state index contributed by atoms with van der Waals surface area (Å²) in [4.78, 5) is 44.0. The number of nitrogens with two attached hydrogens (primary N) is 2. The van der Waals surface area contributed by atoms with Crippen LogP contribution in [0.15, 0.2) is 11.1 Å². The van der Waals surface area contributed by atoms with Gasteiger partial charge in [0.05, 0.1) is 19.5 Å². The van der Waals surface area contributed by atoms with Gasteiger partial charge in [0.1, 0.15) is 19.9 Å². The van der Waals surface area contributed by atoms with Crippen molar-refractivity contribution in [2.24, 2.45) is 5.73 Å². The Hall–Kier alpha value is -2.99. The van der Waals surface area contributed by atoms with E-state index in [2.05, 4.69) is 20.3 Å². The minimum Gasteiger partial charge on any atom is -0.462 e. The number of fused-ring (bicyclic) bond motifs is 1. The van der Waals surface area contributed by atoms with Gasteiger partial charge in [-0.1, -0.05) is 0 Å². The Morgan fingerprint density at radius 2 is 2.17 bits per heavy atom. The minimum absolute atomic E-state index is 0.000108. The third kappa shape index (κ3) is 4.50. The number of aromatic amines is 1. The summed E-state index contributed by atoms with van der Waals surface area (Å²) in [5, 5.41) is 2.28. The van der Waals surface area contributed by atoms with Crippen LogP contribution in [0.5, 0.6) is 0 Å². The molecule has 0 aliphatic carbocycles. The molecule has 0 aromatic carbocycles. The highest BCUT2D eigenvalue weighted by atomic mass is 16.6. The van der Waals surface area contributed by atoms with E-state index in [4.69, 9.17) is 20.9 Å². The molecule has 0 saturated carbocycles. The van der Waals surface area contributed by atoms with Crippen LogP contribution in [0.1, 0.15) is 0 Å². The zero-order valence-corrected chi connectivity index (χ0v) is 12.7. The molecule has 2 aromatic heterocycles. The van der Waals surface area contributed by atoms with Gasteiger partial charge in [0, 0.05) is 0 Å². The maximum absolute atomic E-state index is 11.6. The molecule has 0 radical (unpaired) electrons. The highest BCUT2D eigenvalue weighted by molar-refractivity contribution is 5.82. The molecule has 0 aliphatic heterocycles. The number of hydrogen-bond acceptors (Lipinski definition) is 9. The number of hydrogen-bond donors (Lipinski definition) is 4. The average molecular weight is 339 g/mol. The van der Waals surface area contributed by atoms with Crippen LogP contribution in [0.2, 0.25) is 0 Å². The minimum atomic E-state index is -0.602. The van der Waals surface area contributed by atoms with E-state index in [0.717, 1.165) is 0 Å². The van der Waals surface area contributed by atoms with Gasteiger partial charge >= 0.3 is 5.97 Å². The summed E-state index contributed by atoms with van der Waals surface area (Å²) in [6.45, 7) is -0.298. The third-order valence-corrected chi connectivity index (χ3v) is 2.83. The highest BCUT2D eigenvalue weighted by Gasteiger charge is 2.09. The number of aromatic nitrogens is 4. The van der Waals surface area contributed by atoms with Crippen LogP contribution in [-0.2, 0) is 25.8 Å². The van der Waals surface area contributed by atoms with E-state index < -0.39 is 17.4 Å². The molecular formula is C12H17N7O5. The van der Waals surface area contributed by atoms with E-state index in [0.29, 0.717) is 0 Å². The molecule has 0 unspecified atom stereocenters. The van der Waals surface area contributed by atoms with E-state index >= 15 is 0 Å². The van der Waals surface area contributed by atoms with Crippen molar-refractivity contribution in [3.05, 3.63) is 16.7 Å². The first-order valence-electron chi connectivity index (χ1n) is 6.92. The Bertz CT molecular complexity index is 784. The predicted molar refractivity (Wildman–Crippen MR) is 81.5 cm³/mol. The summed E-state index contributed by atoms with van der Waals surface area (Å²) in [5.74, 6) is -1.07. The first kappa shape index (κ1) is 17.4. The largest absolute Gasteiger partial charge is 0.462 e. The van der Waals surface area contributed by atoms with Crippen molar-refractivity contribution in [1.82, 2.24) is 24.8 Å². The summed E-state index contributed by atoms with van der Waals surface area (Å²) < 4.78 is 11.6. The maximum Gasteiger partial charge on any atom is 0.325 e. The molecular weight excluding hydrogens is 322 g/mol. The Kier molecular flexibility index (Phi) is 5.81. The Morgan fingerprint density at radius 3 is 2.92 bits per heavy atom. The summed E-state index contributed by atoms with van der Waals surface area (Å²) in [6.07, 6.45) is 1.39. The van der Waals surface area contributed by atoms with Crippen molar-refractivity contribution >= 4 is 29.0 Å². The molecule has 0 fully saturated rings. The van der Waals surface area contributed by atoms with Crippen LogP contribution >= 0.6 is 0 Å². The van der Waals surface area contributed by atoms with Gasteiger partial charge in [-0.15, -0.1) is 0 Å². The maximum atomic E-state index is 11.6. The molecule has 0 aliphatic rings. The van der Waals surface area contributed by atoms with Crippen LogP contribution in [0.3, 0.4) is 0 Å². The Labute approximate surface area is 135 Å². The zero-order valence-electron chi connectivity index (χ0n) is 12.7. The summed E-state index contributed by atoms with van der Waals surface area (Å²) >= 11 is 0. The number of carbonyl (C=O) groups is 2. The molecule has 2 heterocycles. The van der Waals surface area contributed by atoms with Gasteiger partial charge in [0.25, 0.3) is 5.56 Å². The smallest absolute Gasteiger partial charge is 0.325 e. The molecule has 0 spiro atoms. The van der Waals surface area contributed by atoms with E-state index in [1.54, 1.807) is 0 Å². The van der Waals surface area contributed by atoms with Gasteiger partial charge in [0.15, 0.2) is 11.2 Å². The Balaban J connectivity index is 1.74. The van der Waals surface area contributed by atoms with Crippen LogP contribution in [0, 0.1) is 0 Å². The molecule has 12 heteroatoms. The molecule has 0 bridgehead atoms. The summed E-state index contributed by atoms with van der Waals surface area (Å²) in [5.41, 5.74) is 10.6. The standard InChI is InChI=1S/C12H17N7O5/c13-3-7(20)15-4-8(21)24-2-1-23-6-19-5-16-9-10(19)17-12(14)18-11(9)22/h5H,1-4,6,13H2,(H,15,20)(H3,14,17,18,22). The number of nitrogen functional groups attached to an aromatic ring is 1. The lowest BCUT2D eigenvalue weighted by Crippen LogP contribution is -2.35. The number of carbonyl (C=O) groups excluding carboxylic acids is 2. The van der Waals surface area contributed by atoms with Crippen molar-refractivity contribution in [2.75, 3.05) is 32.0 Å². The molecule has 24 heavy (non-hydrogen) atoms. The van der Waals surface area contributed by atoms with Gasteiger partial charge in [-0.05, 0) is 0 Å². The number of amides is 1. The van der Waals surface area contributed by atoms with E-state index in [1.807, 2.05) is 0 Å². The van der Waals surface area contributed by atoms with Crippen molar-refractivity contribution in [3.63, 3.8) is 0 Å². The second-order valence-electron chi connectivity index (χ2n) is 4.58. The van der Waals surface area contributed by atoms with Crippen molar-refractivity contribution in [3.8, 4) is 0 Å². The molecule has 0 atom stereocenters. The molecule has 130 valence electrons. The lowest BCUT2D eigenvalue weighted by atomic mass is 10.5. The van der Waals surface area contributed by atoms with Crippen molar-refractivity contribution < 1.29 is 19.1 Å². The second kappa shape index (κ2) is 8.03. The SMILES string of the molecule is NCC(=O)NCC(=O)OCCOCn1cnc2c(=O)[nH]c(N)nc21. The normalized spacial score (nSPS) is 10.7. The van der Waals surface area contributed by atoms with Gasteiger partial charge in [0.2, 0.25) is 11.9 Å². The quantitative estimate of drug-likeness (QED) is 0.294. The first-order valence-corrected chi connectivity index (χ1v) is 6.92. The number of ether oxygens (including phenoxy) is 2. The zero-order chi connectivity index (χ0) is 17.5. The molecule has 2 rings (SSSR count). The third-order valence-electron chi connectivity index (χ3n) is 2.83. The number of nitrogens with zero attached hydrogens (tertiary/aromatic N) is 3. The fourth-order valence-corrected chi connectivity index (χ4v) is 1.74. The van der Waals surface area contributed by atoms with E-state index in [-0.39, 0.29) is 50.1 Å². The van der Waals surface area contributed by atoms with Crippen LogP contribution in [0.25, 0.3) is 11.2 Å². The Morgan fingerprint density at radius 1 is 1.38 bits per heavy atom. The average Bonchev–Trinajstić information content (AvgIpc) is 2.95. The highest BCUT2D eigenvalue weighted by Crippen LogP contribution is 2.06. The summed E-state index contributed by atoms with van der Waals surface area (Å²) in [6, 6.07) is 0. The topological polar surface area (TPSA) is 180 Å². The number of nitrogens with one attached hydrogen (secondary N) is 2. The van der Waals surface area contributed by atoms with E-state index in [9.17, 15) is 14.4 Å². The molecule has 1 amide bonds. The van der Waals surface area contributed by atoms with Crippen LogP contribution in [-0.4, -0.2) is 57.7 Å². The van der Waals surface area contributed by atoms with Gasteiger partial charge in [-0.25, -0.2) is 4.98 Å². The first-order chi connectivity index (χ1) is 11.5. The number of H-pyrrole nitrogens is 1. The van der Waals surface area contributed by atoms with Crippen molar-refractivity contribution in [2.45, 2.75) is 6.73 Å². The lowest BCUT2D eigenvalue weighted by Gasteiger charge is -2.07. The van der Waals surface area contributed by atoms with Crippen LogP contribution in [0.4, 0.5) is 5.95 Å². The van der Waals surface area contributed by atoms with Gasteiger partial charge < -0.3 is 26.3 Å². The fraction of sp³-hybridized carbons (Fsp3) is 0.417. The predicted octanol–water partition coefficient (Wildman–Crippen LogP) is -2.71. The van der Waals surface area contributed by atoms with Crippen LogP contribution < -0.4 is 22.3 Å². The molecule has 12 nitrogen and oxygen atoms in total. The second-order valence-corrected chi connectivity index (χ2v) is 4.58. The van der Waals surface area contributed by atoms with Crippen molar-refractivity contribution in [1.29, 1.82) is 0 Å². The fourth-order valence-electron chi connectivity index (χ4n) is 1.74. The van der Waals surface area contributed by atoms with E-state index in [1.165, 1.54) is 10.9 Å². The number of anilines is 1. The number of imidazole rings is 1. The monoisotopic (exact) mass is 339 g/mol. The molecule has 2 aromatic rings. The molecule has 0 saturated heterocycles.